The molecule has 0 unspecified atom stereocenters. The zero-order valence-electron chi connectivity index (χ0n) is 17.8. The van der Waals surface area contributed by atoms with Crippen molar-refractivity contribution >= 4 is 29.0 Å². The number of benzene rings is 2. The highest BCUT2D eigenvalue weighted by Crippen LogP contribution is 2.28. The molecule has 1 aliphatic heterocycles. The third-order valence-electron chi connectivity index (χ3n) is 6.28. The summed E-state index contributed by atoms with van der Waals surface area (Å²) in [5.74, 6) is 0.821. The van der Waals surface area contributed by atoms with Gasteiger partial charge in [0.2, 0.25) is 5.91 Å². The Balaban J connectivity index is 1.21. The van der Waals surface area contributed by atoms with Crippen molar-refractivity contribution in [3.8, 4) is 0 Å². The van der Waals surface area contributed by atoms with Crippen LogP contribution in [0.25, 0.3) is 10.9 Å². The summed E-state index contributed by atoms with van der Waals surface area (Å²) in [5, 5.41) is 0.658. The van der Waals surface area contributed by atoms with Crippen molar-refractivity contribution in [2.24, 2.45) is 0 Å². The molecule has 5 nitrogen and oxygen atoms in total. The lowest BCUT2D eigenvalue weighted by molar-refractivity contribution is -0.132. The first-order valence-electron chi connectivity index (χ1n) is 11.2. The summed E-state index contributed by atoms with van der Waals surface area (Å²) in [4.78, 5) is 30.4. The van der Waals surface area contributed by atoms with Crippen LogP contribution >= 0.6 is 12.2 Å². The van der Waals surface area contributed by atoms with E-state index in [1.165, 1.54) is 5.56 Å². The zero-order valence-corrected chi connectivity index (χ0v) is 18.6. The number of amides is 1. The lowest BCUT2D eigenvalue weighted by Crippen LogP contribution is -2.37. The molecule has 4 rings (SSSR count). The van der Waals surface area contributed by atoms with E-state index in [0.717, 1.165) is 50.7 Å². The third-order valence-corrected chi connectivity index (χ3v) is 6.60. The Hall–Kier alpha value is -2.73. The van der Waals surface area contributed by atoms with E-state index >= 15 is 0 Å². The normalized spacial score (nSPS) is 14.8. The van der Waals surface area contributed by atoms with Crippen LogP contribution in [-0.2, 0) is 11.3 Å². The average molecular weight is 436 g/mol. The van der Waals surface area contributed by atoms with E-state index in [4.69, 9.17) is 12.2 Å². The van der Waals surface area contributed by atoms with Gasteiger partial charge in [-0.3, -0.25) is 14.2 Å². The summed E-state index contributed by atoms with van der Waals surface area (Å²) in [5.41, 5.74) is 2.11. The topological polar surface area (TPSA) is 58.1 Å². The van der Waals surface area contributed by atoms with Crippen LogP contribution in [0.2, 0.25) is 0 Å². The number of hydrogen-bond acceptors (Lipinski definition) is 3. The van der Waals surface area contributed by atoms with Crippen molar-refractivity contribution in [1.82, 2.24) is 14.5 Å². The van der Waals surface area contributed by atoms with Crippen molar-refractivity contribution in [1.29, 1.82) is 0 Å². The van der Waals surface area contributed by atoms with Crippen LogP contribution in [0.15, 0.2) is 59.4 Å². The monoisotopic (exact) mass is 435 g/mol. The Labute approximate surface area is 187 Å². The minimum Gasteiger partial charge on any atom is -0.343 e. The number of nitrogens with one attached hydrogen (secondary N) is 1. The van der Waals surface area contributed by atoms with Gasteiger partial charge in [0.25, 0.3) is 5.56 Å². The van der Waals surface area contributed by atoms with E-state index in [2.05, 4.69) is 29.2 Å². The van der Waals surface area contributed by atoms with Crippen LogP contribution < -0.4 is 5.56 Å². The second-order valence-corrected chi connectivity index (χ2v) is 8.70. The number of carbonyl (C=O) groups is 1. The highest BCUT2D eigenvalue weighted by atomic mass is 32.1. The van der Waals surface area contributed by atoms with Gasteiger partial charge in [-0.2, -0.15) is 0 Å². The summed E-state index contributed by atoms with van der Waals surface area (Å²) in [7, 11) is 0. The molecule has 2 aromatic carbocycles. The van der Waals surface area contributed by atoms with Gasteiger partial charge in [0.05, 0.1) is 10.9 Å². The molecule has 0 radical (unpaired) electrons. The first-order chi connectivity index (χ1) is 15.1. The number of rotatable bonds is 7. The fraction of sp³-hybridized carbons (Fsp3) is 0.400. The molecular formula is C25H29N3O2S. The van der Waals surface area contributed by atoms with E-state index in [1.54, 1.807) is 4.57 Å². The molecule has 0 saturated carbocycles. The number of H-pyrrole nitrogens is 1. The van der Waals surface area contributed by atoms with Crippen LogP contribution in [-0.4, -0.2) is 33.4 Å². The molecule has 3 aromatic rings. The lowest BCUT2D eigenvalue weighted by atomic mass is 9.89. The van der Waals surface area contributed by atoms with Crippen molar-refractivity contribution in [3.63, 3.8) is 0 Å². The van der Waals surface area contributed by atoms with Crippen LogP contribution in [0.5, 0.6) is 0 Å². The maximum Gasteiger partial charge on any atom is 0.262 e. The van der Waals surface area contributed by atoms with E-state index in [9.17, 15) is 9.59 Å². The smallest absolute Gasteiger partial charge is 0.262 e. The molecule has 6 heteroatoms. The van der Waals surface area contributed by atoms with Gasteiger partial charge in [-0.25, -0.2) is 0 Å². The van der Waals surface area contributed by atoms with E-state index < -0.39 is 0 Å². The minimum atomic E-state index is -0.0447. The average Bonchev–Trinajstić information content (AvgIpc) is 2.81. The SMILES string of the molecule is O=C(CCCCCn1c(=S)[nH]c2ccccc2c1=O)N1CCC(c2ccccc2)CC1. The van der Waals surface area contributed by atoms with Crippen molar-refractivity contribution in [2.45, 2.75) is 51.0 Å². The molecular weight excluding hydrogens is 406 g/mol. The number of para-hydroxylation sites is 1. The number of likely N-dealkylation sites (tertiary alicyclic amines) is 1. The Morgan fingerprint density at radius 1 is 0.968 bits per heavy atom. The van der Waals surface area contributed by atoms with Gasteiger partial charge in [-0.05, 0) is 61.5 Å². The predicted octanol–water partition coefficient (Wildman–Crippen LogP) is 5.03. The molecule has 1 saturated heterocycles. The Morgan fingerprint density at radius 3 is 2.45 bits per heavy atom. The Morgan fingerprint density at radius 2 is 1.68 bits per heavy atom. The maximum atomic E-state index is 12.7. The first kappa shape index (κ1) is 21.5. The van der Waals surface area contributed by atoms with Gasteiger partial charge in [0, 0.05) is 26.1 Å². The van der Waals surface area contributed by atoms with Crippen LogP contribution in [0.1, 0.15) is 50.0 Å². The molecule has 0 spiro atoms. The summed E-state index contributed by atoms with van der Waals surface area (Å²) in [6.45, 7) is 2.27. The van der Waals surface area contributed by atoms with Gasteiger partial charge in [0.15, 0.2) is 4.77 Å². The summed E-state index contributed by atoms with van der Waals surface area (Å²) in [6, 6.07) is 18.0. The number of fused-ring (bicyclic) bond motifs is 1. The largest absolute Gasteiger partial charge is 0.343 e. The fourth-order valence-corrected chi connectivity index (χ4v) is 4.75. The van der Waals surface area contributed by atoms with Crippen molar-refractivity contribution in [3.05, 3.63) is 75.3 Å². The fourth-order valence-electron chi connectivity index (χ4n) is 4.47. The van der Waals surface area contributed by atoms with Gasteiger partial charge >= 0.3 is 0 Å². The maximum absolute atomic E-state index is 12.7. The van der Waals surface area contributed by atoms with Gasteiger partial charge in [-0.1, -0.05) is 48.9 Å². The predicted molar refractivity (Wildman–Crippen MR) is 127 cm³/mol. The molecule has 162 valence electrons. The minimum absolute atomic E-state index is 0.0447. The summed E-state index contributed by atoms with van der Waals surface area (Å²) >= 11 is 5.36. The second-order valence-electron chi connectivity index (χ2n) is 8.31. The Bertz CT molecular complexity index is 1140. The Kier molecular flexibility index (Phi) is 6.97. The second kappa shape index (κ2) is 10.1. The molecule has 1 N–H and O–H groups in total. The van der Waals surface area contributed by atoms with Crippen molar-refractivity contribution < 1.29 is 4.79 Å². The molecule has 1 amide bonds. The summed E-state index contributed by atoms with van der Waals surface area (Å²) in [6.07, 6.45) is 5.24. The third kappa shape index (κ3) is 5.13. The number of unbranched alkanes of at least 4 members (excludes halogenated alkanes) is 2. The molecule has 0 aliphatic carbocycles. The number of aromatic nitrogens is 2. The number of aromatic amines is 1. The van der Waals surface area contributed by atoms with Crippen LogP contribution in [0.4, 0.5) is 0 Å². The molecule has 1 aromatic heterocycles. The molecule has 1 aliphatic rings. The van der Waals surface area contributed by atoms with Crippen LogP contribution in [0.3, 0.4) is 0 Å². The molecule has 0 atom stereocenters. The number of nitrogens with zero attached hydrogens (tertiary/aromatic N) is 2. The quantitative estimate of drug-likeness (QED) is 0.418. The van der Waals surface area contributed by atoms with E-state index in [0.29, 0.717) is 29.0 Å². The van der Waals surface area contributed by atoms with Gasteiger partial charge in [-0.15, -0.1) is 0 Å². The number of carbonyl (C=O) groups excluding carboxylic acids is 1. The first-order valence-corrected chi connectivity index (χ1v) is 11.6. The summed E-state index contributed by atoms with van der Waals surface area (Å²) < 4.78 is 2.09. The van der Waals surface area contributed by atoms with Gasteiger partial charge < -0.3 is 9.88 Å². The molecule has 0 bridgehead atoms. The van der Waals surface area contributed by atoms with Crippen molar-refractivity contribution in [2.75, 3.05) is 13.1 Å². The van der Waals surface area contributed by atoms with E-state index in [1.807, 2.05) is 35.2 Å². The zero-order chi connectivity index (χ0) is 21.6. The highest BCUT2D eigenvalue weighted by molar-refractivity contribution is 7.71. The lowest BCUT2D eigenvalue weighted by Gasteiger charge is -2.32. The molecule has 1 fully saturated rings. The van der Waals surface area contributed by atoms with E-state index in [-0.39, 0.29) is 11.5 Å². The standard InChI is InChI=1S/C25H29N3O2S/c29-23(27-17-14-20(15-18-27)19-9-3-1-4-10-19)13-5-2-8-16-28-24(30)21-11-6-7-12-22(21)26-25(28)31/h1,3-4,6-7,9-12,20H,2,5,8,13-18H2,(H,26,31). The number of hydrogen-bond donors (Lipinski definition) is 1. The number of piperidine rings is 1. The van der Waals surface area contributed by atoms with Crippen LogP contribution in [0, 0.1) is 4.77 Å². The molecule has 31 heavy (non-hydrogen) atoms. The van der Waals surface area contributed by atoms with Gasteiger partial charge in [0.1, 0.15) is 0 Å². The highest BCUT2D eigenvalue weighted by Gasteiger charge is 2.23. The molecule has 2 heterocycles.